The van der Waals surface area contributed by atoms with E-state index in [-0.39, 0.29) is 17.0 Å². The van der Waals surface area contributed by atoms with Crippen LogP contribution in [0.1, 0.15) is 10.5 Å². The molecule has 0 saturated heterocycles. The summed E-state index contributed by atoms with van der Waals surface area (Å²) in [5, 5.41) is 4.67. The molecule has 0 aliphatic carbocycles. The fraction of sp³-hybridized carbons (Fsp3) is 0.125. The number of carbonyl (C=O) groups excluding carboxylic acids is 1. The van der Waals surface area contributed by atoms with Gasteiger partial charge in [-0.2, -0.15) is 13.5 Å². The van der Waals surface area contributed by atoms with Crippen LogP contribution in [-0.2, 0) is 17.2 Å². The molecule has 0 spiro atoms. The van der Waals surface area contributed by atoms with Gasteiger partial charge in [0.2, 0.25) is 0 Å². The zero-order chi connectivity index (χ0) is 17.5. The number of para-hydroxylation sites is 1. The van der Waals surface area contributed by atoms with Gasteiger partial charge in [-0.1, -0.05) is 18.2 Å². The summed E-state index contributed by atoms with van der Waals surface area (Å²) >= 11 is 0. The summed E-state index contributed by atoms with van der Waals surface area (Å²) in [6.07, 6.45) is 1.48. The van der Waals surface area contributed by atoms with Crippen molar-refractivity contribution in [3.8, 4) is 16.9 Å². The molecule has 0 amide bonds. The second-order valence-electron chi connectivity index (χ2n) is 5.26. The van der Waals surface area contributed by atoms with Crippen molar-refractivity contribution in [1.29, 1.82) is 0 Å². The van der Waals surface area contributed by atoms with Gasteiger partial charge in [0.25, 0.3) is 0 Å². The molecule has 0 aliphatic heterocycles. The van der Waals surface area contributed by atoms with Gasteiger partial charge in [0.1, 0.15) is 5.69 Å². The van der Waals surface area contributed by atoms with Gasteiger partial charge in [-0.05, 0) is 23.8 Å². The van der Waals surface area contributed by atoms with E-state index < -0.39 is 15.9 Å². The smallest absolute Gasteiger partial charge is 0.306 e. The lowest BCUT2D eigenvalue weighted by Gasteiger charge is -2.11. The molecule has 0 saturated carbocycles. The van der Waals surface area contributed by atoms with Gasteiger partial charge in [-0.25, -0.2) is 4.39 Å². The van der Waals surface area contributed by atoms with Gasteiger partial charge in [0.15, 0.2) is 17.9 Å². The SMILES string of the molecule is Cn1nc(C=O)c2cc(-c3cccc(F)c3OS(C)(=O)=O)ccc21. The number of hydrogen-bond acceptors (Lipinski definition) is 5. The van der Waals surface area contributed by atoms with Crippen molar-refractivity contribution in [2.24, 2.45) is 7.05 Å². The summed E-state index contributed by atoms with van der Waals surface area (Å²) < 4.78 is 43.2. The Balaban J connectivity index is 2.24. The lowest BCUT2D eigenvalue weighted by molar-refractivity contribution is 0.111. The van der Waals surface area contributed by atoms with Crippen molar-refractivity contribution >= 4 is 27.3 Å². The summed E-state index contributed by atoms with van der Waals surface area (Å²) in [7, 11) is -2.19. The third kappa shape index (κ3) is 2.88. The van der Waals surface area contributed by atoms with E-state index in [0.717, 1.165) is 17.8 Å². The van der Waals surface area contributed by atoms with Crippen LogP contribution in [0.3, 0.4) is 0 Å². The quantitative estimate of drug-likeness (QED) is 0.535. The third-order valence-electron chi connectivity index (χ3n) is 3.50. The largest absolute Gasteiger partial charge is 0.379 e. The number of aryl methyl sites for hydroxylation is 1. The summed E-state index contributed by atoms with van der Waals surface area (Å²) in [5.41, 5.74) is 1.75. The molecule has 24 heavy (non-hydrogen) atoms. The van der Waals surface area contributed by atoms with E-state index in [4.69, 9.17) is 4.18 Å². The van der Waals surface area contributed by atoms with Crippen LogP contribution in [0, 0.1) is 5.82 Å². The van der Waals surface area contributed by atoms with E-state index in [1.165, 1.54) is 6.07 Å². The number of carbonyl (C=O) groups is 1. The summed E-state index contributed by atoms with van der Waals surface area (Å²) in [4.78, 5) is 11.2. The highest BCUT2D eigenvalue weighted by Gasteiger charge is 2.18. The second-order valence-corrected chi connectivity index (χ2v) is 6.84. The van der Waals surface area contributed by atoms with E-state index in [1.54, 1.807) is 36.0 Å². The maximum absolute atomic E-state index is 14.1. The Hall–Kier alpha value is -2.74. The molecular weight excluding hydrogens is 335 g/mol. The van der Waals surface area contributed by atoms with E-state index in [9.17, 15) is 17.6 Å². The van der Waals surface area contributed by atoms with Crippen molar-refractivity contribution in [2.45, 2.75) is 0 Å². The highest BCUT2D eigenvalue weighted by atomic mass is 32.2. The van der Waals surface area contributed by atoms with Crippen LogP contribution >= 0.6 is 0 Å². The first-order valence-electron chi connectivity index (χ1n) is 6.90. The molecule has 3 rings (SSSR count). The number of nitrogens with zero attached hydrogens (tertiary/aromatic N) is 2. The fourth-order valence-electron chi connectivity index (χ4n) is 2.52. The van der Waals surface area contributed by atoms with Crippen LogP contribution in [0.25, 0.3) is 22.0 Å². The zero-order valence-electron chi connectivity index (χ0n) is 12.9. The van der Waals surface area contributed by atoms with Gasteiger partial charge in [-0.15, -0.1) is 0 Å². The van der Waals surface area contributed by atoms with Crippen LogP contribution in [0.4, 0.5) is 4.39 Å². The van der Waals surface area contributed by atoms with Gasteiger partial charge < -0.3 is 4.18 Å². The van der Waals surface area contributed by atoms with Crippen molar-refractivity contribution in [3.05, 3.63) is 47.9 Å². The normalized spacial score (nSPS) is 11.6. The molecule has 0 unspecified atom stereocenters. The third-order valence-corrected chi connectivity index (χ3v) is 3.97. The van der Waals surface area contributed by atoms with Crippen molar-refractivity contribution in [3.63, 3.8) is 0 Å². The molecule has 124 valence electrons. The van der Waals surface area contributed by atoms with Crippen molar-refractivity contribution < 1.29 is 21.8 Å². The topological polar surface area (TPSA) is 78.3 Å². The minimum absolute atomic E-state index is 0.247. The van der Waals surface area contributed by atoms with E-state index in [0.29, 0.717) is 17.2 Å². The molecule has 3 aromatic rings. The minimum atomic E-state index is -3.89. The first-order chi connectivity index (χ1) is 11.3. The van der Waals surface area contributed by atoms with Crippen molar-refractivity contribution in [1.82, 2.24) is 9.78 Å². The molecule has 6 nitrogen and oxygen atoms in total. The molecule has 1 aromatic heterocycles. The number of aromatic nitrogens is 2. The van der Waals surface area contributed by atoms with Gasteiger partial charge in [-0.3, -0.25) is 9.48 Å². The number of halogens is 1. The Morgan fingerprint density at radius 3 is 2.67 bits per heavy atom. The lowest BCUT2D eigenvalue weighted by atomic mass is 10.0. The Labute approximate surface area is 137 Å². The molecule has 2 aromatic carbocycles. The number of fused-ring (bicyclic) bond motifs is 1. The van der Waals surface area contributed by atoms with E-state index in [1.807, 2.05) is 0 Å². The van der Waals surface area contributed by atoms with E-state index in [2.05, 4.69) is 5.10 Å². The van der Waals surface area contributed by atoms with Crippen LogP contribution < -0.4 is 4.18 Å². The predicted molar refractivity (Wildman–Crippen MR) is 87.0 cm³/mol. The molecule has 0 radical (unpaired) electrons. The Morgan fingerprint density at radius 2 is 2.00 bits per heavy atom. The van der Waals surface area contributed by atoms with Crippen LogP contribution in [0.2, 0.25) is 0 Å². The molecule has 8 heteroatoms. The molecule has 0 atom stereocenters. The Morgan fingerprint density at radius 1 is 1.25 bits per heavy atom. The predicted octanol–water partition coefficient (Wildman–Crippen LogP) is 2.53. The average Bonchev–Trinajstić information content (AvgIpc) is 2.84. The zero-order valence-corrected chi connectivity index (χ0v) is 13.7. The summed E-state index contributed by atoms with van der Waals surface area (Å²) in [6, 6.07) is 9.16. The molecule has 0 bridgehead atoms. The van der Waals surface area contributed by atoms with E-state index >= 15 is 0 Å². The lowest BCUT2D eigenvalue weighted by Crippen LogP contribution is -2.08. The Kier molecular flexibility index (Phi) is 3.84. The van der Waals surface area contributed by atoms with Crippen LogP contribution in [0.5, 0.6) is 5.75 Å². The number of hydrogen-bond donors (Lipinski definition) is 0. The van der Waals surface area contributed by atoms with Crippen molar-refractivity contribution in [2.75, 3.05) is 6.26 Å². The Bertz CT molecular complexity index is 1060. The maximum Gasteiger partial charge on any atom is 0.306 e. The number of benzene rings is 2. The fourth-order valence-corrected chi connectivity index (χ4v) is 2.99. The molecular formula is C16H13FN2O4S. The average molecular weight is 348 g/mol. The molecule has 0 aliphatic rings. The standard InChI is InChI=1S/C16H13FN2O4S/c1-19-15-7-6-10(8-12(15)14(9-20)18-19)11-4-3-5-13(17)16(11)23-24(2,21)22/h3-9H,1-2H3. The van der Waals surface area contributed by atoms with Gasteiger partial charge in [0.05, 0.1) is 11.8 Å². The minimum Gasteiger partial charge on any atom is -0.379 e. The maximum atomic E-state index is 14.1. The molecule has 0 N–H and O–H groups in total. The summed E-state index contributed by atoms with van der Waals surface area (Å²) in [6.45, 7) is 0. The summed E-state index contributed by atoms with van der Waals surface area (Å²) in [5.74, 6) is -1.17. The van der Waals surface area contributed by atoms with Gasteiger partial charge >= 0.3 is 10.1 Å². The van der Waals surface area contributed by atoms with Crippen LogP contribution in [0.15, 0.2) is 36.4 Å². The highest BCUT2D eigenvalue weighted by Crippen LogP contribution is 2.35. The first-order valence-corrected chi connectivity index (χ1v) is 8.72. The van der Waals surface area contributed by atoms with Gasteiger partial charge in [0, 0.05) is 18.0 Å². The second kappa shape index (κ2) is 5.72. The number of aldehydes is 1. The van der Waals surface area contributed by atoms with Crippen LogP contribution in [-0.4, -0.2) is 30.7 Å². The first kappa shape index (κ1) is 16.1. The highest BCUT2D eigenvalue weighted by molar-refractivity contribution is 7.86. The molecule has 1 heterocycles. The molecule has 0 fully saturated rings. The number of rotatable bonds is 4. The monoisotopic (exact) mass is 348 g/mol.